The van der Waals surface area contributed by atoms with Crippen LogP contribution in [0.4, 0.5) is 0 Å². The normalized spacial score (nSPS) is 13.4. The molecule has 0 fully saturated rings. The van der Waals surface area contributed by atoms with Crippen molar-refractivity contribution in [3.63, 3.8) is 0 Å². The molecular formula is C24H24N4O. The molecule has 146 valence electrons. The number of rotatable bonds is 5. The third-order valence-electron chi connectivity index (χ3n) is 5.62. The standard InChI is InChI=1S/C24H24N4O/c29-24(25-15-20-17-27-13-7-6-12-23(27)26-20)22-14-19-10-4-5-11-21(19)28(22)16-18-8-2-1-3-9-18/h1-5,8-11,14,17H,6-7,12-13,15-16H2,(H,25,29). The Labute approximate surface area is 170 Å². The molecule has 2 aromatic carbocycles. The van der Waals surface area contributed by atoms with Crippen molar-refractivity contribution in [1.82, 2.24) is 19.4 Å². The van der Waals surface area contributed by atoms with Crippen LogP contribution in [-0.4, -0.2) is 20.0 Å². The van der Waals surface area contributed by atoms with Gasteiger partial charge in [-0.1, -0.05) is 48.5 Å². The van der Waals surface area contributed by atoms with Crippen molar-refractivity contribution in [1.29, 1.82) is 0 Å². The van der Waals surface area contributed by atoms with Gasteiger partial charge in [0.15, 0.2) is 0 Å². The van der Waals surface area contributed by atoms with Crippen molar-refractivity contribution in [3.05, 3.63) is 89.6 Å². The first kappa shape index (κ1) is 17.7. The number of nitrogens with one attached hydrogen (secondary N) is 1. The van der Waals surface area contributed by atoms with E-state index in [0.29, 0.717) is 18.8 Å². The lowest BCUT2D eigenvalue weighted by Gasteiger charge is -2.11. The fourth-order valence-corrected chi connectivity index (χ4v) is 4.15. The summed E-state index contributed by atoms with van der Waals surface area (Å²) in [5, 5.41) is 4.15. The Morgan fingerprint density at radius 2 is 1.86 bits per heavy atom. The molecule has 3 heterocycles. The molecule has 0 aliphatic carbocycles. The van der Waals surface area contributed by atoms with E-state index >= 15 is 0 Å². The van der Waals surface area contributed by atoms with Crippen LogP contribution < -0.4 is 5.32 Å². The first-order chi connectivity index (χ1) is 14.3. The van der Waals surface area contributed by atoms with E-state index in [9.17, 15) is 4.79 Å². The molecule has 5 rings (SSSR count). The van der Waals surface area contributed by atoms with Crippen LogP contribution in [0.2, 0.25) is 0 Å². The summed E-state index contributed by atoms with van der Waals surface area (Å²) >= 11 is 0. The number of nitrogens with zero attached hydrogens (tertiary/aromatic N) is 3. The molecule has 2 aromatic heterocycles. The number of hydrogen-bond acceptors (Lipinski definition) is 2. The third-order valence-corrected chi connectivity index (χ3v) is 5.62. The summed E-state index contributed by atoms with van der Waals surface area (Å²) in [5.74, 6) is 1.07. The van der Waals surface area contributed by atoms with Gasteiger partial charge in [0.1, 0.15) is 11.5 Å². The Morgan fingerprint density at radius 1 is 1.03 bits per heavy atom. The van der Waals surface area contributed by atoms with Crippen LogP contribution in [0.25, 0.3) is 10.9 Å². The van der Waals surface area contributed by atoms with Crippen LogP contribution in [0, 0.1) is 0 Å². The van der Waals surface area contributed by atoms with Crippen LogP contribution in [0.1, 0.15) is 40.4 Å². The number of benzene rings is 2. The highest BCUT2D eigenvalue weighted by Gasteiger charge is 2.17. The van der Waals surface area contributed by atoms with Crippen LogP contribution >= 0.6 is 0 Å². The molecule has 29 heavy (non-hydrogen) atoms. The molecule has 4 aromatic rings. The quantitative estimate of drug-likeness (QED) is 0.562. The number of para-hydroxylation sites is 1. The first-order valence-corrected chi connectivity index (χ1v) is 10.2. The molecule has 1 N–H and O–H groups in total. The lowest BCUT2D eigenvalue weighted by atomic mass is 10.2. The van der Waals surface area contributed by atoms with Gasteiger partial charge >= 0.3 is 0 Å². The minimum absolute atomic E-state index is 0.0666. The molecule has 1 amide bonds. The summed E-state index contributed by atoms with van der Waals surface area (Å²) < 4.78 is 4.32. The van der Waals surface area contributed by atoms with Crippen LogP contribution in [0.15, 0.2) is 66.9 Å². The molecule has 5 heteroatoms. The molecule has 0 saturated heterocycles. The van der Waals surface area contributed by atoms with Crippen molar-refractivity contribution < 1.29 is 4.79 Å². The van der Waals surface area contributed by atoms with E-state index in [4.69, 9.17) is 4.98 Å². The molecule has 0 unspecified atom stereocenters. The smallest absolute Gasteiger partial charge is 0.268 e. The second-order valence-electron chi connectivity index (χ2n) is 7.64. The summed E-state index contributed by atoms with van der Waals surface area (Å²) in [4.78, 5) is 17.8. The average Bonchev–Trinajstić information content (AvgIpc) is 3.34. The summed E-state index contributed by atoms with van der Waals surface area (Å²) in [6, 6.07) is 20.4. The third kappa shape index (κ3) is 3.56. The van der Waals surface area contributed by atoms with Crippen molar-refractivity contribution in [2.45, 2.75) is 38.9 Å². The number of fused-ring (bicyclic) bond motifs is 2. The minimum Gasteiger partial charge on any atom is -0.345 e. The molecule has 0 bridgehead atoms. The number of aromatic nitrogens is 3. The van der Waals surface area contributed by atoms with Crippen molar-refractivity contribution in [2.75, 3.05) is 0 Å². The van der Waals surface area contributed by atoms with Gasteiger partial charge < -0.3 is 14.5 Å². The summed E-state index contributed by atoms with van der Waals surface area (Å²) in [7, 11) is 0. The van der Waals surface area contributed by atoms with Gasteiger partial charge in [-0.2, -0.15) is 0 Å². The van der Waals surface area contributed by atoms with Crippen LogP contribution in [-0.2, 0) is 26.1 Å². The van der Waals surface area contributed by atoms with Crippen LogP contribution in [0.5, 0.6) is 0 Å². The number of carbonyl (C=O) groups excluding carboxylic acids is 1. The zero-order valence-electron chi connectivity index (χ0n) is 16.3. The highest BCUT2D eigenvalue weighted by atomic mass is 16.1. The van der Waals surface area contributed by atoms with Crippen LogP contribution in [0.3, 0.4) is 0 Å². The van der Waals surface area contributed by atoms with Crippen molar-refractivity contribution in [2.24, 2.45) is 0 Å². The van der Waals surface area contributed by atoms with Crippen molar-refractivity contribution >= 4 is 16.8 Å². The van der Waals surface area contributed by atoms with Gasteiger partial charge in [-0.25, -0.2) is 4.98 Å². The van der Waals surface area contributed by atoms with E-state index in [1.165, 1.54) is 18.4 Å². The zero-order valence-corrected chi connectivity index (χ0v) is 16.3. The zero-order chi connectivity index (χ0) is 19.6. The lowest BCUT2D eigenvalue weighted by Crippen LogP contribution is -2.25. The largest absolute Gasteiger partial charge is 0.345 e. The number of carbonyl (C=O) groups is 1. The maximum Gasteiger partial charge on any atom is 0.268 e. The first-order valence-electron chi connectivity index (χ1n) is 10.2. The molecule has 0 atom stereocenters. The van der Waals surface area contributed by atoms with Gasteiger partial charge in [-0.15, -0.1) is 0 Å². The molecule has 0 radical (unpaired) electrons. The van der Waals surface area contributed by atoms with E-state index in [-0.39, 0.29) is 5.91 Å². The number of amides is 1. The lowest BCUT2D eigenvalue weighted by molar-refractivity contribution is 0.0942. The predicted octanol–water partition coefficient (Wildman–Crippen LogP) is 4.15. The van der Waals surface area contributed by atoms with Gasteiger partial charge in [0.05, 0.1) is 12.2 Å². The highest BCUT2D eigenvalue weighted by molar-refractivity contribution is 5.98. The highest BCUT2D eigenvalue weighted by Crippen LogP contribution is 2.22. The fourth-order valence-electron chi connectivity index (χ4n) is 4.15. The Kier molecular flexibility index (Phi) is 4.64. The van der Waals surface area contributed by atoms with Gasteiger partial charge in [0, 0.05) is 36.6 Å². The predicted molar refractivity (Wildman–Crippen MR) is 114 cm³/mol. The Bertz CT molecular complexity index is 1130. The number of aryl methyl sites for hydroxylation is 2. The molecule has 1 aliphatic heterocycles. The van der Waals surface area contributed by atoms with E-state index < -0.39 is 0 Å². The monoisotopic (exact) mass is 384 g/mol. The fraction of sp³-hybridized carbons (Fsp3) is 0.250. The van der Waals surface area contributed by atoms with Crippen molar-refractivity contribution in [3.8, 4) is 0 Å². The molecule has 0 saturated carbocycles. The SMILES string of the molecule is O=C(NCc1cn2c(n1)CCCC2)c1cc2ccccc2n1Cc1ccccc1. The Hall–Kier alpha value is -3.34. The van der Waals surface area contributed by atoms with E-state index in [1.54, 1.807) is 0 Å². The Balaban J connectivity index is 1.40. The van der Waals surface area contributed by atoms with E-state index in [0.717, 1.165) is 35.4 Å². The van der Waals surface area contributed by atoms with Gasteiger partial charge in [0.25, 0.3) is 5.91 Å². The second-order valence-corrected chi connectivity index (χ2v) is 7.64. The van der Waals surface area contributed by atoms with Gasteiger partial charge in [-0.05, 0) is 30.5 Å². The molecule has 1 aliphatic rings. The van der Waals surface area contributed by atoms with Gasteiger partial charge in [0.2, 0.25) is 0 Å². The van der Waals surface area contributed by atoms with E-state index in [1.807, 2.05) is 36.4 Å². The summed E-state index contributed by atoms with van der Waals surface area (Å²) in [5.41, 5.74) is 3.85. The minimum atomic E-state index is -0.0666. The second kappa shape index (κ2) is 7.59. The maximum absolute atomic E-state index is 13.1. The average molecular weight is 384 g/mol. The summed E-state index contributed by atoms with van der Waals surface area (Å²) in [6.45, 7) is 2.14. The molecular weight excluding hydrogens is 360 g/mol. The molecule has 0 spiro atoms. The van der Waals surface area contributed by atoms with E-state index in [2.05, 4.69) is 44.9 Å². The Morgan fingerprint density at radius 3 is 2.72 bits per heavy atom. The summed E-state index contributed by atoms with van der Waals surface area (Å²) in [6.07, 6.45) is 5.50. The molecule has 5 nitrogen and oxygen atoms in total. The van der Waals surface area contributed by atoms with Gasteiger partial charge in [-0.3, -0.25) is 4.79 Å². The maximum atomic E-state index is 13.1. The number of imidazole rings is 1. The number of hydrogen-bond donors (Lipinski definition) is 1. The topological polar surface area (TPSA) is 51.9 Å².